The molecule has 1 fully saturated rings. The lowest BCUT2D eigenvalue weighted by atomic mass is 9.96. The number of methoxy groups -OCH3 is 1. The second-order valence-corrected chi connectivity index (χ2v) is 8.23. The highest BCUT2D eigenvalue weighted by molar-refractivity contribution is 5.80. The molecule has 0 spiro atoms. The van der Waals surface area contributed by atoms with Crippen molar-refractivity contribution in [1.29, 1.82) is 0 Å². The Morgan fingerprint density at radius 3 is 2.56 bits per heavy atom. The molecule has 1 heterocycles. The summed E-state index contributed by atoms with van der Waals surface area (Å²) in [6.45, 7) is 3.62. The summed E-state index contributed by atoms with van der Waals surface area (Å²) in [5.74, 6) is 2.99. The molecule has 2 N–H and O–H groups in total. The standard InChI is InChI=1S/C24H29FN6O/c1-17-29-30-22(31(17)2)15-27-23(26-14-18-7-9-21(32-3)10-8-18)28-16-24(11-12-24)19-5-4-6-20(25)13-19/h4-10,13H,11-12,14-16H2,1-3H3,(H2,26,27,28). The third kappa shape index (κ3) is 5.07. The summed E-state index contributed by atoms with van der Waals surface area (Å²) in [5.41, 5.74) is 2.06. The first-order chi connectivity index (χ1) is 15.5. The van der Waals surface area contributed by atoms with E-state index in [1.54, 1.807) is 19.2 Å². The first-order valence-corrected chi connectivity index (χ1v) is 10.8. The monoisotopic (exact) mass is 436 g/mol. The molecule has 1 aromatic heterocycles. The minimum absolute atomic E-state index is 0.0496. The van der Waals surface area contributed by atoms with Crippen molar-refractivity contribution < 1.29 is 9.13 Å². The molecular formula is C24H29FN6O. The first-order valence-electron chi connectivity index (χ1n) is 10.8. The quantitative estimate of drug-likeness (QED) is 0.419. The van der Waals surface area contributed by atoms with Crippen molar-refractivity contribution in [3.05, 3.63) is 77.1 Å². The third-order valence-corrected chi connectivity index (χ3v) is 6.06. The summed E-state index contributed by atoms with van der Waals surface area (Å²) in [6.07, 6.45) is 2.05. The summed E-state index contributed by atoms with van der Waals surface area (Å²) in [5, 5.41) is 15.2. The molecule has 4 rings (SSSR count). The van der Waals surface area contributed by atoms with Gasteiger partial charge in [0, 0.05) is 19.0 Å². The number of hydrogen-bond acceptors (Lipinski definition) is 4. The Hall–Kier alpha value is -3.42. The maximum absolute atomic E-state index is 13.8. The van der Waals surface area contributed by atoms with Gasteiger partial charge in [-0.15, -0.1) is 10.2 Å². The molecule has 3 aromatic rings. The maximum Gasteiger partial charge on any atom is 0.192 e. The van der Waals surface area contributed by atoms with Crippen LogP contribution in [0.3, 0.4) is 0 Å². The summed E-state index contributed by atoms with van der Waals surface area (Å²) in [4.78, 5) is 4.77. The van der Waals surface area contributed by atoms with Crippen molar-refractivity contribution in [2.75, 3.05) is 13.7 Å². The van der Waals surface area contributed by atoms with Crippen LogP contribution >= 0.6 is 0 Å². The van der Waals surface area contributed by atoms with Gasteiger partial charge in [-0.05, 0) is 55.2 Å². The van der Waals surface area contributed by atoms with Crippen LogP contribution in [0.1, 0.15) is 35.6 Å². The zero-order chi connectivity index (χ0) is 22.6. The average Bonchev–Trinajstić information content (AvgIpc) is 3.54. The van der Waals surface area contributed by atoms with Crippen molar-refractivity contribution in [2.45, 2.75) is 38.3 Å². The van der Waals surface area contributed by atoms with Gasteiger partial charge in [-0.1, -0.05) is 24.3 Å². The smallest absolute Gasteiger partial charge is 0.192 e. The van der Waals surface area contributed by atoms with Gasteiger partial charge >= 0.3 is 0 Å². The number of halogens is 1. The molecule has 0 bridgehead atoms. The molecule has 1 saturated carbocycles. The fourth-order valence-electron chi connectivity index (χ4n) is 3.63. The van der Waals surface area contributed by atoms with E-state index in [1.807, 2.05) is 48.9 Å². The van der Waals surface area contributed by atoms with E-state index in [9.17, 15) is 4.39 Å². The molecule has 0 unspecified atom stereocenters. The van der Waals surface area contributed by atoms with E-state index in [4.69, 9.17) is 9.73 Å². The first kappa shape index (κ1) is 21.8. The van der Waals surface area contributed by atoms with Crippen molar-refractivity contribution in [1.82, 2.24) is 25.4 Å². The molecule has 0 radical (unpaired) electrons. The summed E-state index contributed by atoms with van der Waals surface area (Å²) in [7, 11) is 3.59. The molecule has 0 amide bonds. The second kappa shape index (κ2) is 9.38. The van der Waals surface area contributed by atoms with Gasteiger partial charge in [0.25, 0.3) is 0 Å². The van der Waals surface area contributed by atoms with Gasteiger partial charge in [0.1, 0.15) is 17.4 Å². The number of hydrogen-bond donors (Lipinski definition) is 2. The van der Waals surface area contributed by atoms with Crippen LogP contribution < -0.4 is 15.4 Å². The number of nitrogens with zero attached hydrogens (tertiary/aromatic N) is 4. The Labute approximate surface area is 187 Å². The van der Waals surface area contributed by atoms with E-state index in [0.717, 1.165) is 41.4 Å². The van der Waals surface area contributed by atoms with E-state index in [1.165, 1.54) is 6.07 Å². The number of ether oxygens (including phenoxy) is 1. The predicted octanol–water partition coefficient (Wildman–Crippen LogP) is 3.24. The van der Waals surface area contributed by atoms with Crippen LogP contribution in [0.2, 0.25) is 0 Å². The minimum Gasteiger partial charge on any atom is -0.497 e. The van der Waals surface area contributed by atoms with Crippen molar-refractivity contribution in [2.24, 2.45) is 12.0 Å². The minimum atomic E-state index is -0.196. The van der Waals surface area contributed by atoms with Gasteiger partial charge in [-0.2, -0.15) is 0 Å². The molecule has 1 aliphatic carbocycles. The molecule has 1 aliphatic rings. The third-order valence-electron chi connectivity index (χ3n) is 6.06. The van der Waals surface area contributed by atoms with Crippen LogP contribution in [0.5, 0.6) is 5.75 Å². The number of aromatic nitrogens is 3. The Bertz CT molecular complexity index is 1090. The topological polar surface area (TPSA) is 76.4 Å². The highest BCUT2D eigenvalue weighted by Crippen LogP contribution is 2.47. The number of aryl methyl sites for hydroxylation is 1. The van der Waals surface area contributed by atoms with Gasteiger partial charge in [-0.25, -0.2) is 9.38 Å². The molecule has 7 nitrogen and oxygen atoms in total. The van der Waals surface area contributed by atoms with E-state index < -0.39 is 0 Å². The van der Waals surface area contributed by atoms with Crippen molar-refractivity contribution >= 4 is 5.96 Å². The zero-order valence-electron chi connectivity index (χ0n) is 18.7. The SMILES string of the molecule is COc1ccc(CN=C(NCc2nnc(C)n2C)NCC2(c3cccc(F)c3)CC2)cc1. The number of nitrogens with one attached hydrogen (secondary N) is 2. The van der Waals surface area contributed by atoms with Crippen LogP contribution in [0.15, 0.2) is 53.5 Å². The average molecular weight is 437 g/mol. The van der Waals surface area contributed by atoms with Crippen LogP contribution in [0, 0.1) is 12.7 Å². The highest BCUT2D eigenvalue weighted by Gasteiger charge is 2.44. The fraction of sp³-hybridized carbons (Fsp3) is 0.375. The highest BCUT2D eigenvalue weighted by atomic mass is 19.1. The second-order valence-electron chi connectivity index (χ2n) is 8.23. The number of aliphatic imine (C=N–C) groups is 1. The van der Waals surface area contributed by atoms with Crippen molar-refractivity contribution in [3.8, 4) is 5.75 Å². The Kier molecular flexibility index (Phi) is 6.39. The zero-order valence-corrected chi connectivity index (χ0v) is 18.7. The Balaban J connectivity index is 1.46. The Morgan fingerprint density at radius 1 is 1.16 bits per heavy atom. The summed E-state index contributed by atoms with van der Waals surface area (Å²) < 4.78 is 20.9. The van der Waals surface area contributed by atoms with Gasteiger partial charge in [0.05, 0.1) is 20.2 Å². The molecule has 168 valence electrons. The lowest BCUT2D eigenvalue weighted by Gasteiger charge is -2.19. The van der Waals surface area contributed by atoms with Crippen LogP contribution in [-0.2, 0) is 25.6 Å². The molecule has 0 saturated heterocycles. The summed E-state index contributed by atoms with van der Waals surface area (Å²) >= 11 is 0. The van der Waals surface area contributed by atoms with E-state index in [2.05, 4.69) is 20.8 Å². The maximum atomic E-state index is 13.8. The van der Waals surface area contributed by atoms with Crippen LogP contribution in [0.25, 0.3) is 0 Å². The molecule has 0 aliphatic heterocycles. The molecule has 8 heteroatoms. The predicted molar refractivity (Wildman–Crippen MR) is 122 cm³/mol. The normalized spacial score (nSPS) is 14.8. The van der Waals surface area contributed by atoms with E-state index in [-0.39, 0.29) is 11.2 Å². The number of rotatable bonds is 8. The van der Waals surface area contributed by atoms with E-state index >= 15 is 0 Å². The molecule has 2 aromatic carbocycles. The molecule has 0 atom stereocenters. The summed E-state index contributed by atoms with van der Waals surface area (Å²) in [6, 6.07) is 14.8. The van der Waals surface area contributed by atoms with E-state index in [0.29, 0.717) is 25.6 Å². The van der Waals surface area contributed by atoms with Gasteiger partial charge < -0.3 is 19.9 Å². The number of benzene rings is 2. The Morgan fingerprint density at radius 2 is 1.94 bits per heavy atom. The largest absolute Gasteiger partial charge is 0.497 e. The lowest BCUT2D eigenvalue weighted by molar-refractivity contribution is 0.414. The van der Waals surface area contributed by atoms with Gasteiger partial charge in [0.15, 0.2) is 11.8 Å². The van der Waals surface area contributed by atoms with Crippen LogP contribution in [0.4, 0.5) is 4.39 Å². The lowest BCUT2D eigenvalue weighted by Crippen LogP contribution is -2.41. The van der Waals surface area contributed by atoms with Crippen molar-refractivity contribution in [3.63, 3.8) is 0 Å². The molecular weight excluding hydrogens is 407 g/mol. The fourth-order valence-corrected chi connectivity index (χ4v) is 3.63. The number of guanidine groups is 1. The van der Waals surface area contributed by atoms with Gasteiger partial charge in [0.2, 0.25) is 0 Å². The van der Waals surface area contributed by atoms with Crippen LogP contribution in [-0.4, -0.2) is 34.4 Å². The molecule has 32 heavy (non-hydrogen) atoms. The van der Waals surface area contributed by atoms with Gasteiger partial charge in [-0.3, -0.25) is 0 Å².